The van der Waals surface area contributed by atoms with Crippen LogP contribution in [0.5, 0.6) is 0 Å². The Kier molecular flexibility index (Phi) is 8.68. The lowest BCUT2D eigenvalue weighted by molar-refractivity contribution is 0.545. The molecule has 73 heavy (non-hydrogen) atoms. The molecule has 0 unspecified atom stereocenters. The van der Waals surface area contributed by atoms with E-state index in [9.17, 15) is 0 Å². The molecule has 0 N–H and O–H groups in total. The van der Waals surface area contributed by atoms with Crippen LogP contribution in [0, 0.1) is 11.6 Å². The van der Waals surface area contributed by atoms with E-state index in [-0.39, 0.29) is 27.9 Å². The molecule has 358 valence electrons. The number of halogens is 2. The van der Waals surface area contributed by atoms with E-state index in [0.717, 1.165) is 66.3 Å². The van der Waals surface area contributed by atoms with Crippen molar-refractivity contribution in [2.75, 3.05) is 0 Å². The summed E-state index contributed by atoms with van der Waals surface area (Å²) in [6, 6.07) is 54.2. The summed E-state index contributed by atoms with van der Waals surface area (Å²) in [6.07, 6.45) is 0. The van der Waals surface area contributed by atoms with Gasteiger partial charge in [-0.05, 0) is 102 Å². The van der Waals surface area contributed by atoms with Crippen molar-refractivity contribution in [3.05, 3.63) is 191 Å². The van der Waals surface area contributed by atoms with Crippen molar-refractivity contribution in [3.8, 4) is 44.5 Å². The fourth-order valence-corrected chi connectivity index (χ4v) is 13.0. The van der Waals surface area contributed by atoms with Crippen molar-refractivity contribution in [2.24, 2.45) is 0 Å². The standard InChI is InChI=1S/C69H58F2N2/c1-66(2,3)42-28-40(29-43(35-42)67(4,5)6)48-19-13-21-52-60-58-51-27-25-39-34-56(51)73-63-49(41-30-44(68(7,8)9)36-45(31-41)69(10,11)61-47(39)18-15-23-54(61)71)20-14-22-53(63)59(65(58)73)57-50-26-24-38(37-16-12-17-46(70)32-37)33-55(50)72(62(48)52)64(57)60/h12-36H,1-11H3. The first-order chi connectivity index (χ1) is 34.7. The monoisotopic (exact) mass is 952 g/mol. The number of rotatable bonds is 2. The number of hydrogen-bond donors (Lipinski definition) is 0. The zero-order valence-electron chi connectivity index (χ0n) is 43.6. The summed E-state index contributed by atoms with van der Waals surface area (Å²) in [6.45, 7) is 25.0. The van der Waals surface area contributed by atoms with Crippen molar-refractivity contribution < 1.29 is 8.78 Å². The molecule has 0 amide bonds. The van der Waals surface area contributed by atoms with Gasteiger partial charge in [-0.1, -0.05) is 197 Å². The molecule has 13 aromatic rings. The van der Waals surface area contributed by atoms with Crippen LogP contribution in [-0.4, -0.2) is 8.80 Å². The Hall–Kier alpha value is -7.56. The van der Waals surface area contributed by atoms with Crippen LogP contribution in [0.3, 0.4) is 0 Å². The fraction of sp³-hybridized carbons (Fsp3) is 0.217. The first kappa shape index (κ1) is 44.2. The number of para-hydroxylation sites is 2. The minimum atomic E-state index is -0.675. The summed E-state index contributed by atoms with van der Waals surface area (Å²) in [5, 5.41) is 9.57. The van der Waals surface area contributed by atoms with Crippen LogP contribution in [0.25, 0.3) is 121 Å². The van der Waals surface area contributed by atoms with Crippen molar-refractivity contribution in [2.45, 2.75) is 97.8 Å². The van der Waals surface area contributed by atoms with Gasteiger partial charge >= 0.3 is 0 Å². The van der Waals surface area contributed by atoms with E-state index in [1.807, 2.05) is 12.1 Å². The molecule has 4 bridgehead atoms. The smallest absolute Gasteiger partial charge is 0.127 e. The zero-order chi connectivity index (χ0) is 50.6. The van der Waals surface area contributed by atoms with Gasteiger partial charge in [-0.3, -0.25) is 0 Å². The molecule has 14 rings (SSSR count). The van der Waals surface area contributed by atoms with E-state index >= 15 is 8.78 Å². The average molecular weight is 953 g/mol. The van der Waals surface area contributed by atoms with Gasteiger partial charge in [0.15, 0.2) is 0 Å². The normalized spacial score (nSPS) is 14.2. The highest BCUT2D eigenvalue weighted by Gasteiger charge is 2.35. The Morgan fingerprint density at radius 3 is 1.37 bits per heavy atom. The molecule has 4 heteroatoms. The van der Waals surface area contributed by atoms with Crippen LogP contribution >= 0.6 is 0 Å². The van der Waals surface area contributed by atoms with E-state index in [2.05, 4.69) is 200 Å². The van der Waals surface area contributed by atoms with Gasteiger partial charge in [0.1, 0.15) is 11.6 Å². The molecule has 1 aliphatic rings. The molecule has 0 saturated carbocycles. The first-order valence-corrected chi connectivity index (χ1v) is 26.0. The third-order valence-corrected chi connectivity index (χ3v) is 16.9. The molecule has 2 nitrogen and oxygen atoms in total. The lowest BCUT2D eigenvalue weighted by atomic mass is 9.72. The van der Waals surface area contributed by atoms with Gasteiger partial charge in [0.2, 0.25) is 0 Å². The average Bonchev–Trinajstić information content (AvgIpc) is 4.08. The van der Waals surface area contributed by atoms with Crippen molar-refractivity contribution in [1.29, 1.82) is 0 Å². The Bertz CT molecular complexity index is 4500. The molecular formula is C69H58F2N2. The number of fused-ring (bicyclic) bond motifs is 16. The van der Waals surface area contributed by atoms with Gasteiger partial charge in [0.05, 0.1) is 33.1 Å². The Morgan fingerprint density at radius 2 is 0.822 bits per heavy atom. The highest BCUT2D eigenvalue weighted by molar-refractivity contribution is 6.46. The van der Waals surface area contributed by atoms with Gasteiger partial charge in [0.25, 0.3) is 0 Å². The second-order valence-electron chi connectivity index (χ2n) is 24.9. The van der Waals surface area contributed by atoms with Gasteiger partial charge in [-0.25, -0.2) is 8.78 Å². The van der Waals surface area contributed by atoms with Crippen LogP contribution in [0.15, 0.2) is 152 Å². The maximum absolute atomic E-state index is 16.9. The molecule has 0 spiro atoms. The summed E-state index contributed by atoms with van der Waals surface area (Å²) in [5.41, 5.74) is 19.9. The molecule has 0 fully saturated rings. The van der Waals surface area contributed by atoms with Crippen LogP contribution in [-0.2, 0) is 21.7 Å². The minimum absolute atomic E-state index is 0.0770. The van der Waals surface area contributed by atoms with E-state index < -0.39 is 5.41 Å². The fourth-order valence-electron chi connectivity index (χ4n) is 13.0. The quantitative estimate of drug-likeness (QED) is 0.163. The molecule has 0 atom stereocenters. The summed E-state index contributed by atoms with van der Waals surface area (Å²) in [7, 11) is 0. The molecule has 5 heterocycles. The van der Waals surface area contributed by atoms with Crippen molar-refractivity contribution in [1.82, 2.24) is 8.80 Å². The van der Waals surface area contributed by atoms with Crippen molar-refractivity contribution in [3.63, 3.8) is 0 Å². The van der Waals surface area contributed by atoms with Crippen LogP contribution < -0.4 is 0 Å². The first-order valence-electron chi connectivity index (χ1n) is 26.0. The molecule has 0 saturated heterocycles. The summed E-state index contributed by atoms with van der Waals surface area (Å²) in [5.74, 6) is -0.450. The predicted octanol–water partition coefficient (Wildman–Crippen LogP) is 19.5. The third kappa shape index (κ3) is 6.01. The van der Waals surface area contributed by atoms with Gasteiger partial charge < -0.3 is 8.80 Å². The van der Waals surface area contributed by atoms with E-state index in [0.29, 0.717) is 5.56 Å². The SMILES string of the molecule is CC(C)(C)c1cc(-c2cccc3c4c5c6ccc7cc6n6c8c(cccc8c(c8c9ccc(-c%10cccc(F)c%10)cc9n(c23)c84)c56)-c2cc(C(C)(C)C)cc(c2)C(C)(C)c2c(F)cccc2-7)cc(C(C)(C)C)c1. The highest BCUT2D eigenvalue weighted by Crippen LogP contribution is 2.55. The summed E-state index contributed by atoms with van der Waals surface area (Å²) < 4.78 is 37.1. The molecule has 1 aliphatic heterocycles. The molecule has 0 aliphatic carbocycles. The topological polar surface area (TPSA) is 8.82 Å². The lowest BCUT2D eigenvalue weighted by Crippen LogP contribution is -2.23. The largest absolute Gasteiger partial charge is 0.307 e. The predicted molar refractivity (Wildman–Crippen MR) is 306 cm³/mol. The van der Waals surface area contributed by atoms with Crippen molar-refractivity contribution >= 4 is 76.2 Å². The Labute approximate surface area is 425 Å². The van der Waals surface area contributed by atoms with Crippen LogP contribution in [0.2, 0.25) is 0 Å². The zero-order valence-corrected chi connectivity index (χ0v) is 43.6. The van der Waals surface area contributed by atoms with E-state index in [4.69, 9.17) is 0 Å². The molecular weight excluding hydrogens is 895 g/mol. The number of nitrogens with zero attached hydrogens (tertiary/aromatic N) is 2. The third-order valence-electron chi connectivity index (χ3n) is 16.9. The molecule has 9 aromatic carbocycles. The maximum atomic E-state index is 16.9. The second-order valence-corrected chi connectivity index (χ2v) is 24.9. The second kappa shape index (κ2) is 14.3. The molecule has 0 radical (unpaired) electrons. The van der Waals surface area contributed by atoms with Crippen LogP contribution in [0.1, 0.15) is 104 Å². The Balaban J connectivity index is 1.24. The number of hydrogen-bond acceptors (Lipinski definition) is 0. The highest BCUT2D eigenvalue weighted by atomic mass is 19.1. The Morgan fingerprint density at radius 1 is 0.370 bits per heavy atom. The summed E-state index contributed by atoms with van der Waals surface area (Å²) in [4.78, 5) is 0. The summed E-state index contributed by atoms with van der Waals surface area (Å²) >= 11 is 0. The number of benzene rings is 9. The number of aromatic nitrogens is 2. The van der Waals surface area contributed by atoms with Gasteiger partial charge in [-0.2, -0.15) is 0 Å². The van der Waals surface area contributed by atoms with Gasteiger partial charge in [-0.15, -0.1) is 0 Å². The maximum Gasteiger partial charge on any atom is 0.127 e. The minimum Gasteiger partial charge on any atom is -0.307 e. The van der Waals surface area contributed by atoms with Gasteiger partial charge in [0, 0.05) is 65.2 Å². The van der Waals surface area contributed by atoms with E-state index in [1.165, 1.54) is 82.8 Å². The molecule has 4 aromatic heterocycles. The van der Waals surface area contributed by atoms with Crippen LogP contribution in [0.4, 0.5) is 8.78 Å². The lowest BCUT2D eigenvalue weighted by Gasteiger charge is -2.32. The van der Waals surface area contributed by atoms with E-state index in [1.54, 1.807) is 18.2 Å².